The zero-order valence-corrected chi connectivity index (χ0v) is 12.0. The van der Waals surface area contributed by atoms with Crippen LogP contribution in [0.4, 0.5) is 0 Å². The molecule has 1 N–H and O–H groups in total. The van der Waals surface area contributed by atoms with E-state index in [-0.39, 0.29) is 11.6 Å². The first-order valence-corrected chi connectivity index (χ1v) is 7.12. The molecular formula is C15H13N5O3. The van der Waals surface area contributed by atoms with E-state index < -0.39 is 11.4 Å². The minimum absolute atomic E-state index is 0.184. The van der Waals surface area contributed by atoms with E-state index in [1.807, 2.05) is 17.1 Å². The standard InChI is InChI=1S/C15H13N5O3/c21-14-11-3-1-2-4-13(11)20(7-12(14)15(22)23)18-5-10(6-18)19-9-16-8-17-19/h1-4,7-10H,5-6H2,(H,22,23). The Kier molecular flexibility index (Phi) is 2.90. The van der Waals surface area contributed by atoms with E-state index in [1.165, 1.54) is 12.5 Å². The molecule has 1 aromatic carbocycles. The van der Waals surface area contributed by atoms with Gasteiger partial charge >= 0.3 is 5.97 Å². The first-order chi connectivity index (χ1) is 11.1. The summed E-state index contributed by atoms with van der Waals surface area (Å²) in [6.45, 7) is 1.32. The molecule has 0 spiro atoms. The van der Waals surface area contributed by atoms with E-state index in [0.717, 1.165) is 0 Å². The van der Waals surface area contributed by atoms with Crippen LogP contribution in [-0.2, 0) is 0 Å². The van der Waals surface area contributed by atoms with Crippen LogP contribution in [0.25, 0.3) is 10.9 Å². The number of aromatic carboxylic acids is 1. The molecular weight excluding hydrogens is 298 g/mol. The Labute approximate surface area is 130 Å². The van der Waals surface area contributed by atoms with Crippen molar-refractivity contribution >= 4 is 16.9 Å². The zero-order valence-electron chi connectivity index (χ0n) is 12.0. The van der Waals surface area contributed by atoms with Crippen molar-refractivity contribution in [3.63, 3.8) is 0 Å². The Balaban J connectivity index is 1.77. The molecule has 8 nitrogen and oxygen atoms in total. The highest BCUT2D eigenvalue weighted by Crippen LogP contribution is 2.21. The normalized spacial score (nSPS) is 14.9. The molecule has 116 valence electrons. The maximum absolute atomic E-state index is 12.3. The van der Waals surface area contributed by atoms with Gasteiger partial charge in [0.1, 0.15) is 18.2 Å². The summed E-state index contributed by atoms with van der Waals surface area (Å²) in [5.41, 5.74) is 0.00476. The topological polar surface area (TPSA) is 93.2 Å². The number of nitrogens with zero attached hydrogens (tertiary/aromatic N) is 5. The van der Waals surface area contributed by atoms with Gasteiger partial charge in [-0.25, -0.2) is 14.5 Å². The van der Waals surface area contributed by atoms with Crippen molar-refractivity contribution in [3.05, 3.63) is 58.9 Å². The van der Waals surface area contributed by atoms with Crippen LogP contribution in [0.1, 0.15) is 16.4 Å². The number of fused-ring (bicyclic) bond motifs is 1. The largest absolute Gasteiger partial charge is 0.477 e. The van der Waals surface area contributed by atoms with Gasteiger partial charge in [0.25, 0.3) is 0 Å². The van der Waals surface area contributed by atoms with Crippen molar-refractivity contribution < 1.29 is 9.90 Å². The summed E-state index contributed by atoms with van der Waals surface area (Å²) in [5, 5.41) is 15.8. The number of hydrogen-bond acceptors (Lipinski definition) is 5. The molecule has 0 atom stereocenters. The van der Waals surface area contributed by atoms with Gasteiger partial charge in [0.2, 0.25) is 5.43 Å². The van der Waals surface area contributed by atoms with Crippen molar-refractivity contribution in [2.24, 2.45) is 0 Å². The lowest BCUT2D eigenvalue weighted by atomic mass is 10.1. The van der Waals surface area contributed by atoms with E-state index in [1.54, 1.807) is 27.8 Å². The summed E-state index contributed by atoms with van der Waals surface area (Å²) in [6.07, 6.45) is 4.54. The molecule has 2 aromatic heterocycles. The van der Waals surface area contributed by atoms with E-state index in [9.17, 15) is 14.7 Å². The molecule has 23 heavy (non-hydrogen) atoms. The van der Waals surface area contributed by atoms with E-state index in [4.69, 9.17) is 0 Å². The number of carboxylic acids is 1. The van der Waals surface area contributed by atoms with Crippen LogP contribution in [0, 0.1) is 0 Å². The summed E-state index contributed by atoms with van der Waals surface area (Å²) < 4.78 is 3.52. The summed E-state index contributed by atoms with van der Waals surface area (Å²) in [4.78, 5) is 27.5. The third kappa shape index (κ3) is 2.07. The highest BCUT2D eigenvalue weighted by Gasteiger charge is 2.30. The first-order valence-electron chi connectivity index (χ1n) is 7.12. The van der Waals surface area contributed by atoms with Gasteiger partial charge in [-0.15, -0.1) is 0 Å². The average Bonchev–Trinajstić information content (AvgIpc) is 3.02. The molecule has 0 saturated carbocycles. The molecule has 3 heterocycles. The summed E-state index contributed by atoms with van der Waals surface area (Å²) in [6, 6.07) is 7.20. The molecule has 0 amide bonds. The number of benzene rings is 1. The Bertz CT molecular complexity index is 941. The number of pyridine rings is 1. The molecule has 8 heteroatoms. The summed E-state index contributed by atoms with van der Waals surface area (Å²) in [7, 11) is 0. The maximum atomic E-state index is 12.3. The third-order valence-electron chi connectivity index (χ3n) is 4.08. The number of rotatable bonds is 3. The second kappa shape index (κ2) is 4.94. The number of carbonyl (C=O) groups is 1. The van der Waals surface area contributed by atoms with Crippen molar-refractivity contribution in [2.75, 3.05) is 18.1 Å². The third-order valence-corrected chi connectivity index (χ3v) is 4.08. The van der Waals surface area contributed by atoms with Gasteiger partial charge in [-0.2, -0.15) is 5.10 Å². The van der Waals surface area contributed by atoms with Crippen molar-refractivity contribution in [1.29, 1.82) is 0 Å². The van der Waals surface area contributed by atoms with Crippen LogP contribution in [-0.4, -0.2) is 43.6 Å². The van der Waals surface area contributed by atoms with Crippen LogP contribution < -0.4 is 10.4 Å². The highest BCUT2D eigenvalue weighted by atomic mass is 16.4. The van der Waals surface area contributed by atoms with Crippen molar-refractivity contribution in [1.82, 2.24) is 19.4 Å². The van der Waals surface area contributed by atoms with Gasteiger partial charge in [-0.05, 0) is 12.1 Å². The second-order valence-electron chi connectivity index (χ2n) is 5.44. The molecule has 1 saturated heterocycles. The van der Waals surface area contributed by atoms with Gasteiger partial charge in [-0.3, -0.25) is 9.47 Å². The fourth-order valence-corrected chi connectivity index (χ4v) is 2.83. The fraction of sp³-hybridized carbons (Fsp3) is 0.200. The maximum Gasteiger partial charge on any atom is 0.341 e. The molecule has 1 fully saturated rings. The van der Waals surface area contributed by atoms with Gasteiger partial charge in [0, 0.05) is 11.6 Å². The number of carboxylic acid groups (broad SMARTS) is 1. The molecule has 0 bridgehead atoms. The van der Waals surface area contributed by atoms with Gasteiger partial charge in [-0.1, -0.05) is 12.1 Å². The molecule has 0 unspecified atom stereocenters. The van der Waals surface area contributed by atoms with E-state index in [2.05, 4.69) is 10.1 Å². The van der Waals surface area contributed by atoms with Crippen LogP contribution in [0.3, 0.4) is 0 Å². The van der Waals surface area contributed by atoms with E-state index in [0.29, 0.717) is 24.0 Å². The highest BCUT2D eigenvalue weighted by molar-refractivity contribution is 5.92. The van der Waals surface area contributed by atoms with Gasteiger partial charge < -0.3 is 10.1 Å². The van der Waals surface area contributed by atoms with Crippen molar-refractivity contribution in [3.8, 4) is 0 Å². The van der Waals surface area contributed by atoms with E-state index >= 15 is 0 Å². The minimum atomic E-state index is -1.22. The van der Waals surface area contributed by atoms with Crippen LogP contribution in [0.15, 0.2) is 47.9 Å². The lowest BCUT2D eigenvalue weighted by molar-refractivity contribution is 0.0694. The average molecular weight is 311 g/mol. The molecule has 0 radical (unpaired) electrons. The Hall–Kier alpha value is -3.16. The minimum Gasteiger partial charge on any atom is -0.477 e. The molecule has 0 aliphatic carbocycles. The van der Waals surface area contributed by atoms with Gasteiger partial charge in [0.15, 0.2) is 0 Å². The summed E-state index contributed by atoms with van der Waals surface area (Å²) in [5.74, 6) is -1.22. The number of hydrogen-bond donors (Lipinski definition) is 1. The Morgan fingerprint density at radius 2 is 2.04 bits per heavy atom. The molecule has 4 rings (SSSR count). The lowest BCUT2D eigenvalue weighted by Crippen LogP contribution is -2.54. The number of aromatic nitrogens is 4. The van der Waals surface area contributed by atoms with Crippen LogP contribution in [0.2, 0.25) is 0 Å². The Morgan fingerprint density at radius 1 is 1.26 bits per heavy atom. The monoisotopic (exact) mass is 311 g/mol. The lowest BCUT2D eigenvalue weighted by Gasteiger charge is -2.42. The summed E-state index contributed by atoms with van der Waals surface area (Å²) >= 11 is 0. The molecule has 1 aliphatic rings. The molecule has 3 aromatic rings. The molecule has 1 aliphatic heterocycles. The van der Waals surface area contributed by atoms with Crippen molar-refractivity contribution in [2.45, 2.75) is 6.04 Å². The smallest absolute Gasteiger partial charge is 0.341 e. The number of para-hydroxylation sites is 1. The van der Waals surface area contributed by atoms with Crippen LogP contribution >= 0.6 is 0 Å². The predicted octanol–water partition coefficient (Wildman–Crippen LogP) is 0.484. The quantitative estimate of drug-likeness (QED) is 0.756. The predicted molar refractivity (Wildman–Crippen MR) is 82.2 cm³/mol. The zero-order chi connectivity index (χ0) is 16.0. The SMILES string of the molecule is O=C(O)c1cn(N2CC(n3cncn3)C2)c2ccccc2c1=O. The fourth-order valence-electron chi connectivity index (χ4n) is 2.83. The van der Waals surface area contributed by atoms with Gasteiger partial charge in [0.05, 0.1) is 24.6 Å². The first kappa shape index (κ1) is 13.5. The second-order valence-corrected chi connectivity index (χ2v) is 5.44. The Morgan fingerprint density at radius 3 is 2.74 bits per heavy atom. The van der Waals surface area contributed by atoms with Crippen LogP contribution in [0.5, 0.6) is 0 Å².